The van der Waals surface area contributed by atoms with E-state index in [-0.39, 0.29) is 11.9 Å². The first kappa shape index (κ1) is 13.1. The second kappa shape index (κ2) is 5.57. The first-order chi connectivity index (χ1) is 8.69. The molecule has 1 aliphatic heterocycles. The molecule has 1 amide bonds. The maximum Gasteiger partial charge on any atom is 0.259 e. The lowest BCUT2D eigenvalue weighted by atomic mass is 10.0. The molecule has 1 aromatic rings. The van der Waals surface area contributed by atoms with E-state index in [0.717, 1.165) is 13.0 Å². The molecule has 0 aliphatic carbocycles. The molecule has 2 atom stereocenters. The lowest BCUT2D eigenvalue weighted by Crippen LogP contribution is -2.38. The zero-order chi connectivity index (χ0) is 13.1. The first-order valence-corrected chi connectivity index (χ1v) is 6.58. The van der Waals surface area contributed by atoms with Crippen LogP contribution in [0.3, 0.4) is 0 Å². The van der Waals surface area contributed by atoms with Crippen molar-refractivity contribution in [1.29, 1.82) is 0 Å². The van der Waals surface area contributed by atoms with E-state index >= 15 is 0 Å². The van der Waals surface area contributed by atoms with Crippen molar-refractivity contribution < 1.29 is 9.53 Å². The number of likely N-dealkylation sites (tertiary alicyclic amines) is 1. The molecule has 0 spiro atoms. The van der Waals surface area contributed by atoms with Crippen LogP contribution in [0, 0.1) is 5.92 Å². The van der Waals surface area contributed by atoms with Gasteiger partial charge in [0.15, 0.2) is 0 Å². The molecule has 4 nitrogen and oxygen atoms in total. The van der Waals surface area contributed by atoms with Crippen molar-refractivity contribution in [2.75, 3.05) is 19.5 Å². The quantitative estimate of drug-likeness (QED) is 0.789. The fourth-order valence-corrected chi connectivity index (χ4v) is 2.84. The van der Waals surface area contributed by atoms with Gasteiger partial charge in [0.05, 0.1) is 7.11 Å². The number of carbonyl (C=O) groups is 1. The summed E-state index contributed by atoms with van der Waals surface area (Å²) >= 11 is 5.96. The monoisotopic (exact) mass is 268 g/mol. The van der Waals surface area contributed by atoms with Gasteiger partial charge in [-0.1, -0.05) is 6.92 Å². The number of ether oxygens (including phenoxy) is 1. The summed E-state index contributed by atoms with van der Waals surface area (Å²) in [6.07, 6.45) is 2.60. The number of pyridine rings is 1. The maximum atomic E-state index is 12.5. The molecule has 0 radical (unpaired) electrons. The minimum Gasteiger partial charge on any atom is -0.480 e. The van der Waals surface area contributed by atoms with Crippen molar-refractivity contribution in [3.8, 4) is 5.88 Å². The van der Waals surface area contributed by atoms with Gasteiger partial charge in [0.2, 0.25) is 5.88 Å². The van der Waals surface area contributed by atoms with Gasteiger partial charge in [-0.15, -0.1) is 11.6 Å². The Morgan fingerprint density at radius 1 is 1.67 bits per heavy atom. The van der Waals surface area contributed by atoms with Crippen molar-refractivity contribution in [2.24, 2.45) is 5.92 Å². The van der Waals surface area contributed by atoms with Gasteiger partial charge in [0.25, 0.3) is 5.91 Å². The number of halogens is 1. The third-order valence-electron chi connectivity index (χ3n) is 3.50. The van der Waals surface area contributed by atoms with E-state index < -0.39 is 0 Å². The Balaban J connectivity index is 2.26. The highest BCUT2D eigenvalue weighted by Gasteiger charge is 2.35. The average Bonchev–Trinajstić information content (AvgIpc) is 2.78. The van der Waals surface area contributed by atoms with Crippen molar-refractivity contribution in [3.63, 3.8) is 0 Å². The SMILES string of the molecule is COc1ncccc1C(=O)N1CCC(C)C1CCl. The van der Waals surface area contributed by atoms with E-state index in [0.29, 0.717) is 23.2 Å². The number of amides is 1. The van der Waals surface area contributed by atoms with Gasteiger partial charge in [-0.05, 0) is 24.5 Å². The van der Waals surface area contributed by atoms with Gasteiger partial charge in [0, 0.05) is 24.7 Å². The summed E-state index contributed by atoms with van der Waals surface area (Å²) < 4.78 is 5.13. The molecular formula is C13H17ClN2O2. The van der Waals surface area contributed by atoms with Crippen LogP contribution < -0.4 is 4.74 Å². The lowest BCUT2D eigenvalue weighted by Gasteiger charge is -2.25. The fraction of sp³-hybridized carbons (Fsp3) is 0.538. The highest BCUT2D eigenvalue weighted by molar-refractivity contribution is 6.18. The van der Waals surface area contributed by atoms with Crippen LogP contribution in [0.25, 0.3) is 0 Å². The topological polar surface area (TPSA) is 42.4 Å². The van der Waals surface area contributed by atoms with E-state index in [1.165, 1.54) is 7.11 Å². The molecule has 2 rings (SSSR count). The number of methoxy groups -OCH3 is 1. The van der Waals surface area contributed by atoms with Crippen LogP contribution in [-0.2, 0) is 0 Å². The third-order valence-corrected chi connectivity index (χ3v) is 3.81. The van der Waals surface area contributed by atoms with Crippen LogP contribution in [0.4, 0.5) is 0 Å². The number of rotatable bonds is 3. The summed E-state index contributed by atoms with van der Waals surface area (Å²) in [5.74, 6) is 1.23. The highest BCUT2D eigenvalue weighted by Crippen LogP contribution is 2.28. The van der Waals surface area contributed by atoms with Crippen LogP contribution in [0.2, 0.25) is 0 Å². The zero-order valence-corrected chi connectivity index (χ0v) is 11.4. The van der Waals surface area contributed by atoms with Crippen LogP contribution in [0.5, 0.6) is 5.88 Å². The van der Waals surface area contributed by atoms with Crippen LogP contribution in [-0.4, -0.2) is 41.4 Å². The van der Waals surface area contributed by atoms with Crippen molar-refractivity contribution in [1.82, 2.24) is 9.88 Å². The number of nitrogens with zero attached hydrogens (tertiary/aromatic N) is 2. The molecule has 2 heterocycles. The molecule has 1 aromatic heterocycles. The number of hydrogen-bond acceptors (Lipinski definition) is 3. The Kier molecular flexibility index (Phi) is 4.07. The Morgan fingerprint density at radius 3 is 3.11 bits per heavy atom. The first-order valence-electron chi connectivity index (χ1n) is 6.05. The number of carbonyl (C=O) groups excluding carboxylic acids is 1. The van der Waals surface area contributed by atoms with Gasteiger partial charge in [0.1, 0.15) is 5.56 Å². The van der Waals surface area contributed by atoms with Crippen LogP contribution >= 0.6 is 11.6 Å². The van der Waals surface area contributed by atoms with E-state index in [2.05, 4.69) is 11.9 Å². The Bertz CT molecular complexity index is 439. The number of alkyl halides is 1. The van der Waals surface area contributed by atoms with E-state index in [1.807, 2.05) is 4.90 Å². The smallest absolute Gasteiger partial charge is 0.259 e. The Morgan fingerprint density at radius 2 is 2.44 bits per heavy atom. The molecule has 0 bridgehead atoms. The van der Waals surface area contributed by atoms with E-state index in [9.17, 15) is 4.79 Å². The third kappa shape index (κ3) is 2.29. The van der Waals surface area contributed by atoms with Crippen molar-refractivity contribution in [3.05, 3.63) is 23.9 Å². The van der Waals surface area contributed by atoms with Crippen LogP contribution in [0.1, 0.15) is 23.7 Å². The standard InChI is InChI=1S/C13H17ClN2O2/c1-9-5-7-16(11(9)8-14)13(17)10-4-3-6-15-12(10)18-2/h3-4,6,9,11H,5,7-8H2,1-2H3. The molecule has 1 saturated heterocycles. The van der Waals surface area contributed by atoms with Crippen molar-refractivity contribution >= 4 is 17.5 Å². The number of aromatic nitrogens is 1. The molecular weight excluding hydrogens is 252 g/mol. The van der Waals surface area contributed by atoms with Gasteiger partial charge >= 0.3 is 0 Å². The van der Waals surface area contributed by atoms with E-state index in [4.69, 9.17) is 16.3 Å². The van der Waals surface area contributed by atoms with Gasteiger partial charge < -0.3 is 9.64 Å². The van der Waals surface area contributed by atoms with Crippen molar-refractivity contribution in [2.45, 2.75) is 19.4 Å². The minimum absolute atomic E-state index is 0.0463. The summed E-state index contributed by atoms with van der Waals surface area (Å²) in [7, 11) is 1.52. The molecule has 0 N–H and O–H groups in total. The molecule has 1 aliphatic rings. The van der Waals surface area contributed by atoms with Gasteiger partial charge in [-0.2, -0.15) is 0 Å². The Labute approximate surface area is 112 Å². The molecule has 1 fully saturated rings. The number of hydrogen-bond donors (Lipinski definition) is 0. The van der Waals surface area contributed by atoms with Crippen LogP contribution in [0.15, 0.2) is 18.3 Å². The fourth-order valence-electron chi connectivity index (χ4n) is 2.37. The van der Waals surface area contributed by atoms with Gasteiger partial charge in [-0.25, -0.2) is 4.98 Å². The molecule has 5 heteroatoms. The Hall–Kier alpha value is -1.29. The summed E-state index contributed by atoms with van der Waals surface area (Å²) in [6.45, 7) is 2.87. The molecule has 18 heavy (non-hydrogen) atoms. The summed E-state index contributed by atoms with van der Waals surface area (Å²) in [5.41, 5.74) is 0.504. The average molecular weight is 269 g/mol. The summed E-state index contributed by atoms with van der Waals surface area (Å²) in [4.78, 5) is 18.4. The molecule has 0 aromatic carbocycles. The lowest BCUT2D eigenvalue weighted by molar-refractivity contribution is 0.0733. The molecule has 0 saturated carbocycles. The summed E-state index contributed by atoms with van der Waals surface area (Å²) in [6, 6.07) is 3.58. The minimum atomic E-state index is -0.0463. The second-order valence-corrected chi connectivity index (χ2v) is 4.86. The highest BCUT2D eigenvalue weighted by atomic mass is 35.5. The molecule has 98 valence electrons. The predicted octanol–water partition coefficient (Wildman–Crippen LogP) is 2.18. The zero-order valence-electron chi connectivity index (χ0n) is 10.6. The maximum absolute atomic E-state index is 12.5. The van der Waals surface area contributed by atoms with E-state index in [1.54, 1.807) is 18.3 Å². The normalized spacial score (nSPS) is 23.2. The summed E-state index contributed by atoms with van der Waals surface area (Å²) in [5, 5.41) is 0. The second-order valence-electron chi connectivity index (χ2n) is 4.55. The predicted molar refractivity (Wildman–Crippen MR) is 70.1 cm³/mol. The largest absolute Gasteiger partial charge is 0.480 e. The van der Waals surface area contributed by atoms with Gasteiger partial charge in [-0.3, -0.25) is 4.79 Å². The molecule has 2 unspecified atom stereocenters.